The number of hydrogen-bond donors (Lipinski definition) is 1. The lowest BCUT2D eigenvalue weighted by molar-refractivity contribution is 0.171. The van der Waals surface area contributed by atoms with E-state index in [2.05, 4.69) is 5.32 Å². The summed E-state index contributed by atoms with van der Waals surface area (Å²) < 4.78 is 36.0. The molecule has 6 heteroatoms. The van der Waals surface area contributed by atoms with E-state index in [1.165, 1.54) is 0 Å². The van der Waals surface area contributed by atoms with E-state index < -0.39 is 9.84 Å². The van der Waals surface area contributed by atoms with Crippen LogP contribution in [0, 0.1) is 5.92 Å². The molecule has 1 aromatic carbocycles. The first-order valence-corrected chi connectivity index (χ1v) is 8.95. The maximum absolute atomic E-state index is 12.6. The van der Waals surface area contributed by atoms with E-state index in [1.807, 2.05) is 20.8 Å². The highest BCUT2D eigenvalue weighted by Gasteiger charge is 2.24. The van der Waals surface area contributed by atoms with Gasteiger partial charge >= 0.3 is 0 Å². The Bertz CT molecular complexity index is 583. The molecule has 1 unspecified atom stereocenters. The number of benzene rings is 1. The summed E-state index contributed by atoms with van der Waals surface area (Å²) in [6.45, 7) is 7.71. The predicted molar refractivity (Wildman–Crippen MR) is 81.8 cm³/mol. The number of sulfone groups is 1. The summed E-state index contributed by atoms with van der Waals surface area (Å²) in [5.74, 6) is 1.44. The van der Waals surface area contributed by atoms with E-state index in [-0.39, 0.29) is 22.6 Å². The quantitative estimate of drug-likeness (QED) is 0.868. The zero-order valence-corrected chi connectivity index (χ0v) is 13.6. The fourth-order valence-electron chi connectivity index (χ4n) is 2.30. The molecular weight excluding hydrogens is 290 g/mol. The van der Waals surface area contributed by atoms with Crippen LogP contribution in [-0.4, -0.2) is 40.0 Å². The van der Waals surface area contributed by atoms with Crippen LogP contribution in [0.2, 0.25) is 0 Å². The fraction of sp³-hybridized carbons (Fsp3) is 0.600. The average molecular weight is 313 g/mol. The second-order valence-electron chi connectivity index (χ2n) is 5.50. The SMILES string of the molecule is CCNC(CS(=O)(=O)c1ccc2c(c1)OCCO2)C(C)C. The molecule has 0 spiro atoms. The van der Waals surface area contributed by atoms with Crippen LogP contribution in [0.15, 0.2) is 23.1 Å². The van der Waals surface area contributed by atoms with E-state index in [0.29, 0.717) is 24.7 Å². The van der Waals surface area contributed by atoms with Gasteiger partial charge in [0.2, 0.25) is 0 Å². The molecule has 0 bridgehead atoms. The zero-order valence-electron chi connectivity index (χ0n) is 12.8. The Morgan fingerprint density at radius 2 is 1.86 bits per heavy atom. The van der Waals surface area contributed by atoms with Gasteiger partial charge in [-0.25, -0.2) is 8.42 Å². The molecule has 0 fully saturated rings. The minimum atomic E-state index is -3.36. The molecule has 1 N–H and O–H groups in total. The average Bonchev–Trinajstić information content (AvgIpc) is 2.46. The third-order valence-corrected chi connectivity index (χ3v) is 5.31. The molecule has 118 valence electrons. The van der Waals surface area contributed by atoms with Crippen molar-refractivity contribution in [3.63, 3.8) is 0 Å². The maximum Gasteiger partial charge on any atom is 0.180 e. The van der Waals surface area contributed by atoms with Gasteiger partial charge in [-0.3, -0.25) is 0 Å². The highest BCUT2D eigenvalue weighted by molar-refractivity contribution is 7.91. The Morgan fingerprint density at radius 1 is 1.19 bits per heavy atom. The zero-order chi connectivity index (χ0) is 15.5. The maximum atomic E-state index is 12.6. The van der Waals surface area contributed by atoms with E-state index in [4.69, 9.17) is 9.47 Å². The Morgan fingerprint density at radius 3 is 2.48 bits per heavy atom. The number of ether oxygens (including phenoxy) is 2. The van der Waals surface area contributed by atoms with Crippen LogP contribution in [0.25, 0.3) is 0 Å². The Labute approximate surface area is 126 Å². The first-order chi connectivity index (χ1) is 9.94. The molecule has 1 aliphatic rings. The summed E-state index contributed by atoms with van der Waals surface area (Å²) in [6, 6.07) is 4.76. The topological polar surface area (TPSA) is 64.6 Å². The van der Waals surface area contributed by atoms with Gasteiger partial charge in [-0.05, 0) is 24.6 Å². The fourth-order valence-corrected chi connectivity index (χ4v) is 4.03. The van der Waals surface area contributed by atoms with Gasteiger partial charge in [0.15, 0.2) is 21.3 Å². The molecule has 0 amide bonds. The minimum Gasteiger partial charge on any atom is -0.486 e. The Balaban J connectivity index is 2.22. The van der Waals surface area contributed by atoms with Crippen LogP contribution in [0.1, 0.15) is 20.8 Å². The van der Waals surface area contributed by atoms with Crippen LogP contribution in [0.5, 0.6) is 11.5 Å². The van der Waals surface area contributed by atoms with Crippen molar-refractivity contribution in [1.29, 1.82) is 0 Å². The minimum absolute atomic E-state index is 0.0619. The lowest BCUT2D eigenvalue weighted by Gasteiger charge is -2.22. The second-order valence-corrected chi connectivity index (χ2v) is 7.53. The molecule has 21 heavy (non-hydrogen) atoms. The molecule has 1 atom stereocenters. The van der Waals surface area contributed by atoms with Gasteiger partial charge < -0.3 is 14.8 Å². The summed E-state index contributed by atoms with van der Waals surface area (Å²) in [4.78, 5) is 0.287. The first kappa shape index (κ1) is 16.1. The van der Waals surface area contributed by atoms with Crippen LogP contribution in [0.4, 0.5) is 0 Å². The molecule has 0 aliphatic carbocycles. The van der Waals surface area contributed by atoms with Crippen LogP contribution in [0.3, 0.4) is 0 Å². The third-order valence-electron chi connectivity index (χ3n) is 3.54. The third kappa shape index (κ3) is 3.89. The van der Waals surface area contributed by atoms with Crippen molar-refractivity contribution in [2.75, 3.05) is 25.5 Å². The number of rotatable bonds is 6. The Hall–Kier alpha value is -1.27. The van der Waals surface area contributed by atoms with Gasteiger partial charge in [0.25, 0.3) is 0 Å². The van der Waals surface area contributed by atoms with E-state index >= 15 is 0 Å². The standard InChI is InChI=1S/C15H23NO4S/c1-4-16-13(11(2)3)10-21(17,18)12-5-6-14-15(9-12)20-8-7-19-14/h5-6,9,11,13,16H,4,7-8,10H2,1-3H3. The van der Waals surface area contributed by atoms with E-state index in [1.54, 1.807) is 18.2 Å². The van der Waals surface area contributed by atoms with E-state index in [0.717, 1.165) is 6.54 Å². The predicted octanol–water partition coefficient (Wildman–Crippen LogP) is 1.87. The molecule has 0 radical (unpaired) electrons. The number of nitrogens with one attached hydrogen (secondary N) is 1. The molecule has 2 rings (SSSR count). The van der Waals surface area contributed by atoms with Crippen molar-refractivity contribution >= 4 is 9.84 Å². The molecule has 0 saturated carbocycles. The van der Waals surface area contributed by atoms with Crippen LogP contribution < -0.4 is 14.8 Å². The van der Waals surface area contributed by atoms with Gasteiger partial charge in [-0.15, -0.1) is 0 Å². The Kier molecular flexibility index (Phi) is 5.11. The largest absolute Gasteiger partial charge is 0.486 e. The van der Waals surface area contributed by atoms with Crippen molar-refractivity contribution in [3.05, 3.63) is 18.2 Å². The van der Waals surface area contributed by atoms with Crippen molar-refractivity contribution in [2.45, 2.75) is 31.7 Å². The summed E-state index contributed by atoms with van der Waals surface area (Å²) in [5.41, 5.74) is 0. The first-order valence-electron chi connectivity index (χ1n) is 7.30. The van der Waals surface area contributed by atoms with Gasteiger partial charge in [0.05, 0.1) is 10.6 Å². The van der Waals surface area contributed by atoms with Crippen molar-refractivity contribution in [2.24, 2.45) is 5.92 Å². The van der Waals surface area contributed by atoms with Crippen molar-refractivity contribution in [1.82, 2.24) is 5.32 Å². The lowest BCUT2D eigenvalue weighted by Crippen LogP contribution is -2.39. The lowest BCUT2D eigenvalue weighted by atomic mass is 10.1. The monoisotopic (exact) mass is 313 g/mol. The molecule has 1 heterocycles. The summed E-state index contributed by atoms with van der Waals surface area (Å²) in [7, 11) is -3.36. The van der Waals surface area contributed by atoms with Crippen molar-refractivity contribution < 1.29 is 17.9 Å². The summed E-state index contributed by atoms with van der Waals surface area (Å²) in [5, 5.41) is 3.24. The second kappa shape index (κ2) is 6.66. The van der Waals surface area contributed by atoms with E-state index in [9.17, 15) is 8.42 Å². The van der Waals surface area contributed by atoms with Gasteiger partial charge in [-0.1, -0.05) is 20.8 Å². The molecule has 0 aromatic heterocycles. The summed E-state index contributed by atoms with van der Waals surface area (Å²) >= 11 is 0. The van der Waals surface area contributed by atoms with Gasteiger partial charge in [0, 0.05) is 12.1 Å². The number of hydrogen-bond acceptors (Lipinski definition) is 5. The highest BCUT2D eigenvalue weighted by atomic mass is 32.2. The smallest absolute Gasteiger partial charge is 0.180 e. The molecule has 1 aliphatic heterocycles. The van der Waals surface area contributed by atoms with Crippen LogP contribution in [-0.2, 0) is 9.84 Å². The highest BCUT2D eigenvalue weighted by Crippen LogP contribution is 2.32. The molecular formula is C15H23NO4S. The van der Waals surface area contributed by atoms with Crippen molar-refractivity contribution in [3.8, 4) is 11.5 Å². The van der Waals surface area contributed by atoms with Gasteiger partial charge in [0.1, 0.15) is 13.2 Å². The van der Waals surface area contributed by atoms with Crippen LogP contribution >= 0.6 is 0 Å². The molecule has 1 aromatic rings. The molecule has 5 nitrogen and oxygen atoms in total. The number of fused-ring (bicyclic) bond motifs is 1. The van der Waals surface area contributed by atoms with Gasteiger partial charge in [-0.2, -0.15) is 0 Å². The summed E-state index contributed by atoms with van der Waals surface area (Å²) in [6.07, 6.45) is 0. The molecule has 0 saturated heterocycles. The normalized spacial score (nSPS) is 16.0.